The quantitative estimate of drug-likeness (QED) is 0.798. The van der Waals surface area contributed by atoms with Crippen LogP contribution in [0, 0.1) is 3.57 Å². The fourth-order valence-corrected chi connectivity index (χ4v) is 1.11. The molecular weight excluding hydrogens is 271 g/mol. The number of halogens is 1. The molecule has 1 N–H and O–H groups in total. The standard InChI is InChI=1S/C7H7IN2O2/c1-12-7(11)10-6-2-3-9-4-5(6)8/h2-4H,1H3,(H,9,10,11). The zero-order valence-corrected chi connectivity index (χ0v) is 8.53. The van der Waals surface area contributed by atoms with Crippen LogP contribution >= 0.6 is 22.6 Å². The Morgan fingerprint density at radius 1 is 1.75 bits per heavy atom. The van der Waals surface area contributed by atoms with Gasteiger partial charge in [0.05, 0.1) is 16.4 Å². The van der Waals surface area contributed by atoms with E-state index in [9.17, 15) is 4.79 Å². The molecule has 0 spiro atoms. The van der Waals surface area contributed by atoms with E-state index in [-0.39, 0.29) is 0 Å². The third-order valence-electron chi connectivity index (χ3n) is 1.19. The van der Waals surface area contributed by atoms with E-state index >= 15 is 0 Å². The van der Waals surface area contributed by atoms with Crippen LogP contribution < -0.4 is 5.32 Å². The molecule has 0 aliphatic heterocycles. The number of carbonyl (C=O) groups is 1. The molecule has 4 nitrogen and oxygen atoms in total. The summed E-state index contributed by atoms with van der Waals surface area (Å²) >= 11 is 2.08. The van der Waals surface area contributed by atoms with Crippen molar-refractivity contribution in [2.75, 3.05) is 12.4 Å². The Balaban J connectivity index is 2.75. The van der Waals surface area contributed by atoms with Crippen LogP contribution in [0.4, 0.5) is 10.5 Å². The van der Waals surface area contributed by atoms with Gasteiger partial charge in [0.25, 0.3) is 0 Å². The van der Waals surface area contributed by atoms with Gasteiger partial charge in [0.15, 0.2) is 0 Å². The summed E-state index contributed by atoms with van der Waals surface area (Å²) in [6.45, 7) is 0. The maximum absolute atomic E-state index is 10.8. The van der Waals surface area contributed by atoms with E-state index in [1.165, 1.54) is 7.11 Å². The zero-order valence-electron chi connectivity index (χ0n) is 6.37. The normalized spacial score (nSPS) is 9.17. The molecule has 1 aromatic rings. The summed E-state index contributed by atoms with van der Waals surface area (Å²) in [5.41, 5.74) is 0.706. The average molecular weight is 278 g/mol. The number of hydrogen-bond donors (Lipinski definition) is 1. The van der Waals surface area contributed by atoms with Crippen molar-refractivity contribution in [2.24, 2.45) is 0 Å². The molecule has 0 saturated carbocycles. The SMILES string of the molecule is COC(=O)Nc1ccncc1I. The highest BCUT2D eigenvalue weighted by atomic mass is 127. The molecule has 0 unspecified atom stereocenters. The Kier molecular flexibility index (Phi) is 3.27. The maximum Gasteiger partial charge on any atom is 0.411 e. The third kappa shape index (κ3) is 2.33. The zero-order chi connectivity index (χ0) is 8.97. The number of nitrogens with one attached hydrogen (secondary N) is 1. The van der Waals surface area contributed by atoms with Gasteiger partial charge in [-0.3, -0.25) is 10.3 Å². The Labute approximate surface area is 83.5 Å². The minimum Gasteiger partial charge on any atom is -0.453 e. The van der Waals surface area contributed by atoms with Gasteiger partial charge in [-0.1, -0.05) is 0 Å². The molecule has 1 heterocycles. The first kappa shape index (κ1) is 9.24. The minimum absolute atomic E-state index is 0.473. The molecular formula is C7H7IN2O2. The Hall–Kier alpha value is -0.850. The largest absolute Gasteiger partial charge is 0.453 e. The highest BCUT2D eigenvalue weighted by Crippen LogP contribution is 2.15. The number of methoxy groups -OCH3 is 1. The fourth-order valence-electron chi connectivity index (χ4n) is 0.638. The first-order valence-corrected chi connectivity index (χ1v) is 4.26. The first-order valence-electron chi connectivity index (χ1n) is 3.18. The number of hydrogen-bond acceptors (Lipinski definition) is 3. The van der Waals surface area contributed by atoms with Gasteiger partial charge in [-0.05, 0) is 28.7 Å². The van der Waals surface area contributed by atoms with Gasteiger partial charge in [0.2, 0.25) is 0 Å². The Morgan fingerprint density at radius 2 is 2.50 bits per heavy atom. The molecule has 5 heteroatoms. The van der Waals surface area contributed by atoms with Gasteiger partial charge in [0.1, 0.15) is 0 Å². The highest BCUT2D eigenvalue weighted by Gasteiger charge is 2.02. The van der Waals surface area contributed by atoms with Crippen molar-refractivity contribution in [1.29, 1.82) is 0 Å². The smallest absolute Gasteiger partial charge is 0.411 e. The number of nitrogens with zero attached hydrogens (tertiary/aromatic N) is 1. The van der Waals surface area contributed by atoms with Crippen LogP contribution in [0.15, 0.2) is 18.5 Å². The molecule has 1 aromatic heterocycles. The van der Waals surface area contributed by atoms with Crippen LogP contribution in [-0.4, -0.2) is 18.2 Å². The van der Waals surface area contributed by atoms with Gasteiger partial charge in [-0.15, -0.1) is 0 Å². The number of amides is 1. The van der Waals surface area contributed by atoms with Gasteiger partial charge >= 0.3 is 6.09 Å². The summed E-state index contributed by atoms with van der Waals surface area (Å²) < 4.78 is 5.31. The number of rotatable bonds is 1. The minimum atomic E-state index is -0.473. The lowest BCUT2D eigenvalue weighted by Crippen LogP contribution is -2.11. The van der Waals surface area contributed by atoms with Crippen LogP contribution in [0.25, 0.3) is 0 Å². The van der Waals surface area contributed by atoms with E-state index in [1.807, 2.05) is 0 Å². The van der Waals surface area contributed by atoms with Crippen molar-refractivity contribution in [1.82, 2.24) is 4.98 Å². The van der Waals surface area contributed by atoms with Crippen molar-refractivity contribution in [2.45, 2.75) is 0 Å². The number of carbonyl (C=O) groups excluding carboxylic acids is 1. The second kappa shape index (κ2) is 4.24. The Morgan fingerprint density at radius 3 is 3.08 bits per heavy atom. The molecule has 0 atom stereocenters. The summed E-state index contributed by atoms with van der Waals surface area (Å²) in [5, 5.41) is 2.55. The number of anilines is 1. The topological polar surface area (TPSA) is 51.2 Å². The molecule has 64 valence electrons. The van der Waals surface area contributed by atoms with Crippen LogP contribution in [0.2, 0.25) is 0 Å². The van der Waals surface area contributed by atoms with E-state index in [4.69, 9.17) is 0 Å². The highest BCUT2D eigenvalue weighted by molar-refractivity contribution is 14.1. The molecule has 0 aromatic carbocycles. The molecule has 1 rings (SSSR count). The van der Waals surface area contributed by atoms with Gasteiger partial charge < -0.3 is 4.74 Å². The second-order valence-corrected chi connectivity index (χ2v) is 3.13. The molecule has 0 fully saturated rings. The van der Waals surface area contributed by atoms with Gasteiger partial charge in [-0.2, -0.15) is 0 Å². The molecule has 0 aliphatic rings. The van der Waals surface area contributed by atoms with Crippen LogP contribution in [0.1, 0.15) is 0 Å². The lowest BCUT2D eigenvalue weighted by Gasteiger charge is -2.03. The fraction of sp³-hybridized carbons (Fsp3) is 0.143. The first-order chi connectivity index (χ1) is 5.74. The van der Waals surface area contributed by atoms with Crippen molar-refractivity contribution < 1.29 is 9.53 Å². The predicted molar refractivity (Wildman–Crippen MR) is 53.0 cm³/mol. The second-order valence-electron chi connectivity index (χ2n) is 1.97. The molecule has 0 saturated heterocycles. The van der Waals surface area contributed by atoms with Crippen LogP contribution in [0.3, 0.4) is 0 Å². The average Bonchev–Trinajstić information content (AvgIpc) is 2.09. The van der Waals surface area contributed by atoms with Crippen molar-refractivity contribution in [3.8, 4) is 0 Å². The predicted octanol–water partition coefficient (Wildman–Crippen LogP) is 1.86. The maximum atomic E-state index is 10.8. The van der Waals surface area contributed by atoms with Crippen molar-refractivity contribution in [3.05, 3.63) is 22.0 Å². The number of ether oxygens (including phenoxy) is 1. The van der Waals surface area contributed by atoms with E-state index in [0.717, 1.165) is 3.57 Å². The molecule has 0 bridgehead atoms. The lowest BCUT2D eigenvalue weighted by atomic mass is 10.4. The molecule has 12 heavy (non-hydrogen) atoms. The summed E-state index contributed by atoms with van der Waals surface area (Å²) in [4.78, 5) is 14.7. The summed E-state index contributed by atoms with van der Waals surface area (Å²) in [7, 11) is 1.32. The summed E-state index contributed by atoms with van der Waals surface area (Å²) in [6.07, 6.45) is 2.79. The van der Waals surface area contributed by atoms with Gasteiger partial charge in [-0.25, -0.2) is 4.79 Å². The van der Waals surface area contributed by atoms with Gasteiger partial charge in [0, 0.05) is 12.4 Å². The molecule has 0 radical (unpaired) electrons. The van der Waals surface area contributed by atoms with Crippen molar-refractivity contribution in [3.63, 3.8) is 0 Å². The van der Waals surface area contributed by atoms with E-state index in [2.05, 4.69) is 37.6 Å². The third-order valence-corrected chi connectivity index (χ3v) is 2.05. The van der Waals surface area contributed by atoms with Crippen LogP contribution in [-0.2, 0) is 4.74 Å². The van der Waals surface area contributed by atoms with E-state index < -0.39 is 6.09 Å². The van der Waals surface area contributed by atoms with Crippen LogP contribution in [0.5, 0.6) is 0 Å². The monoisotopic (exact) mass is 278 g/mol. The Bertz CT molecular complexity index is 290. The van der Waals surface area contributed by atoms with Crippen molar-refractivity contribution >= 4 is 34.4 Å². The van der Waals surface area contributed by atoms with E-state index in [1.54, 1.807) is 18.5 Å². The lowest BCUT2D eigenvalue weighted by molar-refractivity contribution is 0.187. The number of aromatic nitrogens is 1. The number of pyridine rings is 1. The van der Waals surface area contributed by atoms with E-state index in [0.29, 0.717) is 5.69 Å². The molecule has 1 amide bonds. The molecule has 0 aliphatic carbocycles. The summed E-state index contributed by atoms with van der Waals surface area (Å²) in [6, 6.07) is 1.71. The summed E-state index contributed by atoms with van der Waals surface area (Å²) in [5.74, 6) is 0.